The Morgan fingerprint density at radius 3 is 2.44 bits per heavy atom. The second kappa shape index (κ2) is 13.8. The van der Waals surface area contributed by atoms with Crippen molar-refractivity contribution < 1.29 is 37.6 Å². The molecule has 1 saturated heterocycles. The molecule has 0 radical (unpaired) electrons. The molecule has 2 aromatic heterocycles. The number of fused-ring (bicyclic) bond motifs is 1. The maximum atomic E-state index is 12.5. The van der Waals surface area contributed by atoms with Crippen molar-refractivity contribution >= 4 is 49.2 Å². The number of anilines is 1. The van der Waals surface area contributed by atoms with Gasteiger partial charge in [-0.05, 0) is 47.5 Å². The Bertz CT molecular complexity index is 1120. The van der Waals surface area contributed by atoms with E-state index in [2.05, 4.69) is 15.0 Å². The SMILES string of the molecule is CC(C)OC(=O)C(CCOCC[C@@H]1[C@@H](COP=O)O[C@@H](n2cnc3c(N)ncnc32)[C@]1(C)Cl)C(=O)OC(C)C. The van der Waals surface area contributed by atoms with Gasteiger partial charge >= 0.3 is 20.6 Å². The summed E-state index contributed by atoms with van der Waals surface area (Å²) in [6.07, 6.45) is 1.47. The lowest BCUT2D eigenvalue weighted by molar-refractivity contribution is -0.167. The number of carbonyl (C=O) groups excluding carboxylic acids is 2. The van der Waals surface area contributed by atoms with Crippen molar-refractivity contribution in [2.75, 3.05) is 25.6 Å². The highest BCUT2D eigenvalue weighted by Crippen LogP contribution is 2.49. The molecular formula is C24H35ClN5O8P. The number of nitrogen functional groups attached to an aromatic ring is 1. The fraction of sp³-hybridized carbons (Fsp3) is 0.708. The summed E-state index contributed by atoms with van der Waals surface area (Å²) >= 11 is 7.09. The Morgan fingerprint density at radius 1 is 1.15 bits per heavy atom. The summed E-state index contributed by atoms with van der Waals surface area (Å²) < 4.78 is 40.3. The quantitative estimate of drug-likeness (QED) is 0.112. The molecule has 2 aromatic rings. The van der Waals surface area contributed by atoms with Crippen molar-refractivity contribution in [2.45, 2.75) is 76.9 Å². The van der Waals surface area contributed by atoms with Crippen molar-refractivity contribution in [1.29, 1.82) is 0 Å². The third kappa shape index (κ3) is 7.61. The first-order valence-corrected chi connectivity index (χ1v) is 13.8. The number of rotatable bonds is 14. The minimum absolute atomic E-state index is 0.0302. The molecule has 4 atom stereocenters. The fourth-order valence-corrected chi connectivity index (χ4v) is 5.14. The smallest absolute Gasteiger partial charge is 0.327 e. The summed E-state index contributed by atoms with van der Waals surface area (Å²) in [4.78, 5) is 36.5. The van der Waals surface area contributed by atoms with Crippen LogP contribution in [0, 0.1) is 11.8 Å². The van der Waals surface area contributed by atoms with Crippen LogP contribution < -0.4 is 5.73 Å². The van der Waals surface area contributed by atoms with E-state index in [0.717, 1.165) is 0 Å². The summed E-state index contributed by atoms with van der Waals surface area (Å²) in [5.41, 5.74) is 6.81. The number of carbonyl (C=O) groups is 2. The first kappa shape index (κ1) is 31.1. The zero-order chi connectivity index (χ0) is 28.7. The van der Waals surface area contributed by atoms with Crippen LogP contribution in [0.1, 0.15) is 53.7 Å². The number of esters is 2. The molecule has 0 aromatic carbocycles. The lowest BCUT2D eigenvalue weighted by atomic mass is 9.87. The number of imidazole rings is 1. The monoisotopic (exact) mass is 587 g/mol. The summed E-state index contributed by atoms with van der Waals surface area (Å²) in [6.45, 7) is 9.06. The highest BCUT2D eigenvalue weighted by molar-refractivity contribution is 7.17. The third-order valence-corrected chi connectivity index (χ3v) is 7.01. The van der Waals surface area contributed by atoms with E-state index in [1.54, 1.807) is 32.3 Å². The number of alkyl halides is 1. The third-order valence-electron chi connectivity index (χ3n) is 6.29. The molecule has 0 unspecified atom stereocenters. The number of ether oxygens (including phenoxy) is 4. The standard InChI is InChI=1S/C24H35ClN5O8P/c1-13(2)36-21(31)15(22(32)37-14(3)4)6-8-34-9-7-16-17(10-35-39-33)38-23(24(16,5)25)30-12-29-18-19(26)27-11-28-20(18)30/h11-17,23H,6-10H2,1-5H3,(H2,26,27,28)/t16-,17-,23-,24-/m1/s1. The molecule has 2 N–H and O–H groups in total. The van der Waals surface area contributed by atoms with Gasteiger partial charge in [-0.1, -0.05) is 0 Å². The van der Waals surface area contributed by atoms with Gasteiger partial charge in [0.15, 0.2) is 23.6 Å². The van der Waals surface area contributed by atoms with Crippen LogP contribution >= 0.6 is 20.3 Å². The van der Waals surface area contributed by atoms with Gasteiger partial charge in [0.25, 0.3) is 0 Å². The number of halogens is 1. The van der Waals surface area contributed by atoms with Crippen molar-refractivity contribution in [3.63, 3.8) is 0 Å². The van der Waals surface area contributed by atoms with E-state index in [1.165, 1.54) is 12.7 Å². The van der Waals surface area contributed by atoms with Crippen LogP contribution in [0.4, 0.5) is 5.82 Å². The maximum absolute atomic E-state index is 12.5. The van der Waals surface area contributed by atoms with Crippen LogP contribution in [0.5, 0.6) is 0 Å². The topological polar surface area (TPSA) is 167 Å². The molecule has 0 aliphatic carbocycles. The molecule has 3 rings (SSSR count). The van der Waals surface area contributed by atoms with E-state index < -0.39 is 43.7 Å². The normalized spacial score (nSPS) is 23.4. The van der Waals surface area contributed by atoms with Gasteiger partial charge < -0.3 is 24.7 Å². The van der Waals surface area contributed by atoms with Gasteiger partial charge in [0.05, 0.1) is 36.1 Å². The van der Waals surface area contributed by atoms with Gasteiger partial charge in [-0.15, -0.1) is 11.6 Å². The van der Waals surface area contributed by atoms with Crippen LogP contribution in [-0.2, 0) is 37.6 Å². The molecule has 0 bridgehead atoms. The van der Waals surface area contributed by atoms with Gasteiger partial charge in [-0.25, -0.2) is 19.5 Å². The van der Waals surface area contributed by atoms with Crippen LogP contribution in [0.15, 0.2) is 12.7 Å². The van der Waals surface area contributed by atoms with Crippen LogP contribution in [0.2, 0.25) is 0 Å². The Morgan fingerprint density at radius 2 is 1.82 bits per heavy atom. The summed E-state index contributed by atoms with van der Waals surface area (Å²) in [5.74, 6) is -2.45. The lowest BCUT2D eigenvalue weighted by Gasteiger charge is -2.29. The minimum Gasteiger partial charge on any atom is -0.462 e. The molecule has 15 heteroatoms. The lowest BCUT2D eigenvalue weighted by Crippen LogP contribution is -2.36. The Hall–Kier alpha value is -2.44. The van der Waals surface area contributed by atoms with Crippen molar-refractivity contribution in [3.05, 3.63) is 12.7 Å². The van der Waals surface area contributed by atoms with E-state index in [1.807, 2.05) is 6.92 Å². The van der Waals surface area contributed by atoms with E-state index in [-0.39, 0.29) is 50.2 Å². The largest absolute Gasteiger partial charge is 0.462 e. The summed E-state index contributed by atoms with van der Waals surface area (Å²) in [5, 5.41) is 0. The Balaban J connectivity index is 1.66. The number of aromatic nitrogens is 4. The molecule has 39 heavy (non-hydrogen) atoms. The first-order chi connectivity index (χ1) is 18.5. The average molecular weight is 588 g/mol. The van der Waals surface area contributed by atoms with Gasteiger partial charge in [0.2, 0.25) is 0 Å². The molecule has 1 fully saturated rings. The van der Waals surface area contributed by atoms with E-state index in [0.29, 0.717) is 17.6 Å². The van der Waals surface area contributed by atoms with Crippen LogP contribution in [-0.4, -0.2) is 74.5 Å². The van der Waals surface area contributed by atoms with Crippen LogP contribution in [0.25, 0.3) is 11.2 Å². The minimum atomic E-state index is -1.09. The highest BCUT2D eigenvalue weighted by Gasteiger charge is 2.53. The predicted octanol–water partition coefficient (Wildman–Crippen LogP) is 3.46. The number of hydrogen-bond donors (Lipinski definition) is 1. The Kier molecular flexibility index (Phi) is 11.0. The van der Waals surface area contributed by atoms with E-state index in [9.17, 15) is 14.2 Å². The molecule has 1 aliphatic heterocycles. The van der Waals surface area contributed by atoms with Crippen molar-refractivity contribution in [3.8, 4) is 0 Å². The second-order valence-corrected chi connectivity index (χ2v) is 11.2. The average Bonchev–Trinajstić information content (AvgIpc) is 3.37. The molecular weight excluding hydrogens is 553 g/mol. The van der Waals surface area contributed by atoms with Gasteiger partial charge in [-0.2, -0.15) is 0 Å². The van der Waals surface area contributed by atoms with Crippen LogP contribution in [0.3, 0.4) is 0 Å². The van der Waals surface area contributed by atoms with E-state index in [4.69, 9.17) is 40.8 Å². The maximum Gasteiger partial charge on any atom is 0.327 e. The highest BCUT2D eigenvalue weighted by atomic mass is 35.5. The number of hydrogen-bond acceptors (Lipinski definition) is 12. The summed E-state index contributed by atoms with van der Waals surface area (Å²) in [7, 11) is -0.480. The number of nitrogens with zero attached hydrogens (tertiary/aromatic N) is 4. The predicted molar refractivity (Wildman–Crippen MR) is 141 cm³/mol. The molecule has 216 valence electrons. The van der Waals surface area contributed by atoms with Gasteiger partial charge in [0, 0.05) is 19.1 Å². The fourth-order valence-electron chi connectivity index (χ4n) is 4.52. The van der Waals surface area contributed by atoms with Crippen molar-refractivity contribution in [1.82, 2.24) is 19.5 Å². The molecule has 3 heterocycles. The molecule has 0 amide bonds. The Labute approximate surface area is 233 Å². The van der Waals surface area contributed by atoms with Crippen molar-refractivity contribution in [2.24, 2.45) is 11.8 Å². The first-order valence-electron chi connectivity index (χ1n) is 12.7. The second-order valence-electron chi connectivity index (χ2n) is 9.95. The van der Waals surface area contributed by atoms with E-state index >= 15 is 0 Å². The molecule has 1 aliphatic rings. The summed E-state index contributed by atoms with van der Waals surface area (Å²) in [6, 6.07) is 0. The molecule has 13 nitrogen and oxygen atoms in total. The van der Waals surface area contributed by atoms with Gasteiger partial charge in [-0.3, -0.25) is 18.7 Å². The zero-order valence-corrected chi connectivity index (χ0v) is 24.3. The number of nitrogens with two attached hydrogens (primary N) is 1. The zero-order valence-electron chi connectivity index (χ0n) is 22.6. The molecule has 0 spiro atoms. The molecule has 0 saturated carbocycles. The van der Waals surface area contributed by atoms with Gasteiger partial charge in [0.1, 0.15) is 11.8 Å².